The van der Waals surface area contributed by atoms with Gasteiger partial charge in [-0.2, -0.15) is 0 Å². The molecule has 0 radical (unpaired) electrons. The van der Waals surface area contributed by atoms with Crippen LogP contribution in [-0.2, 0) is 6.54 Å². The summed E-state index contributed by atoms with van der Waals surface area (Å²) in [5.74, 6) is 1.45. The maximum Gasteiger partial charge on any atom is 0.253 e. The number of ether oxygens (including phenoxy) is 1. The van der Waals surface area contributed by atoms with E-state index in [1.54, 1.807) is 43.6 Å². The highest BCUT2D eigenvalue weighted by molar-refractivity contribution is 5.98. The number of aromatic nitrogens is 4. The minimum Gasteiger partial charge on any atom is -0.507 e. The second kappa shape index (κ2) is 9.37. The molecule has 200 valence electrons. The maximum atomic E-state index is 13.6. The highest BCUT2D eigenvalue weighted by atomic mass is 16.5. The van der Waals surface area contributed by atoms with Gasteiger partial charge >= 0.3 is 0 Å². The molecule has 9 heteroatoms. The number of H-pyrrole nitrogens is 1. The van der Waals surface area contributed by atoms with E-state index in [1.807, 2.05) is 45.9 Å². The van der Waals surface area contributed by atoms with Gasteiger partial charge in [0.15, 0.2) is 0 Å². The number of rotatable bonds is 4. The SMILES string of the molecule is COc1ncccc1-c1ccc(O)c(-c2nc3ccc(C(=O)N4C[C@H]5C[C@@H](C4)c4cccc(=O)n4C5)cc3[nH]2)c1. The average Bonchev–Trinajstić information content (AvgIpc) is 3.41. The molecule has 40 heavy (non-hydrogen) atoms. The van der Waals surface area contributed by atoms with E-state index >= 15 is 0 Å². The number of aromatic amines is 1. The summed E-state index contributed by atoms with van der Waals surface area (Å²) in [5, 5.41) is 10.7. The predicted molar refractivity (Wildman–Crippen MR) is 150 cm³/mol. The fourth-order valence-corrected chi connectivity index (χ4v) is 6.18. The lowest BCUT2D eigenvalue weighted by Crippen LogP contribution is -2.49. The third kappa shape index (κ3) is 4.02. The molecule has 5 aromatic rings. The number of piperidine rings is 1. The lowest BCUT2D eigenvalue weighted by atomic mass is 9.83. The summed E-state index contributed by atoms with van der Waals surface area (Å²) in [5.41, 5.74) is 5.18. The molecule has 2 aromatic carbocycles. The predicted octanol–water partition coefficient (Wildman–Crippen LogP) is 4.43. The van der Waals surface area contributed by atoms with Crippen LogP contribution in [0.15, 0.2) is 77.7 Å². The lowest BCUT2D eigenvalue weighted by molar-refractivity contribution is 0.0594. The molecule has 0 unspecified atom stereocenters. The molecule has 0 aliphatic carbocycles. The molecule has 2 aliphatic heterocycles. The summed E-state index contributed by atoms with van der Waals surface area (Å²) in [4.78, 5) is 40.1. The Hall–Kier alpha value is -4.92. The smallest absolute Gasteiger partial charge is 0.253 e. The van der Waals surface area contributed by atoms with Crippen LogP contribution in [0.1, 0.15) is 28.4 Å². The van der Waals surface area contributed by atoms with E-state index in [0.717, 1.165) is 23.2 Å². The Morgan fingerprint density at radius 2 is 1.93 bits per heavy atom. The van der Waals surface area contributed by atoms with Crippen molar-refractivity contribution in [2.45, 2.75) is 18.9 Å². The lowest BCUT2D eigenvalue weighted by Gasteiger charge is -2.42. The van der Waals surface area contributed by atoms with Crippen molar-refractivity contribution in [2.75, 3.05) is 20.2 Å². The van der Waals surface area contributed by atoms with Gasteiger partial charge in [-0.25, -0.2) is 9.97 Å². The third-order valence-corrected chi connectivity index (χ3v) is 8.02. The van der Waals surface area contributed by atoms with Gasteiger partial charge in [-0.05, 0) is 66.4 Å². The van der Waals surface area contributed by atoms with E-state index in [-0.39, 0.29) is 29.1 Å². The molecule has 7 rings (SSSR count). The van der Waals surface area contributed by atoms with E-state index in [2.05, 4.69) is 9.97 Å². The quantitative estimate of drug-likeness (QED) is 0.354. The first kappa shape index (κ1) is 24.1. The molecule has 2 bridgehead atoms. The van der Waals surface area contributed by atoms with Crippen LogP contribution in [0.2, 0.25) is 0 Å². The van der Waals surface area contributed by atoms with Crippen molar-refractivity contribution in [3.63, 3.8) is 0 Å². The Balaban J connectivity index is 1.18. The Morgan fingerprint density at radius 3 is 2.80 bits per heavy atom. The average molecular weight is 534 g/mol. The van der Waals surface area contributed by atoms with Crippen molar-refractivity contribution < 1.29 is 14.6 Å². The molecule has 5 heterocycles. The number of hydrogen-bond donors (Lipinski definition) is 2. The number of hydrogen-bond acceptors (Lipinski definition) is 6. The van der Waals surface area contributed by atoms with Gasteiger partial charge < -0.3 is 24.3 Å². The van der Waals surface area contributed by atoms with Gasteiger partial charge in [-0.1, -0.05) is 12.1 Å². The Kier molecular flexibility index (Phi) is 5.66. The molecule has 0 saturated carbocycles. The van der Waals surface area contributed by atoms with Crippen LogP contribution in [0.4, 0.5) is 0 Å². The van der Waals surface area contributed by atoms with Gasteiger partial charge in [0, 0.05) is 54.6 Å². The second-order valence-electron chi connectivity index (χ2n) is 10.5. The summed E-state index contributed by atoms with van der Waals surface area (Å²) >= 11 is 0. The van der Waals surface area contributed by atoms with Gasteiger partial charge in [-0.15, -0.1) is 0 Å². The highest BCUT2D eigenvalue weighted by Gasteiger charge is 2.36. The van der Waals surface area contributed by atoms with Crippen molar-refractivity contribution >= 4 is 16.9 Å². The zero-order chi connectivity index (χ0) is 27.4. The van der Waals surface area contributed by atoms with Gasteiger partial charge in [-0.3, -0.25) is 9.59 Å². The fourth-order valence-electron chi connectivity index (χ4n) is 6.18. The zero-order valence-electron chi connectivity index (χ0n) is 21.9. The summed E-state index contributed by atoms with van der Waals surface area (Å²) in [6.45, 7) is 1.86. The number of phenolic OH excluding ortho intramolecular Hbond substituents is 1. The molecule has 9 nitrogen and oxygen atoms in total. The van der Waals surface area contributed by atoms with Crippen molar-refractivity contribution in [3.8, 4) is 34.1 Å². The molecule has 2 atom stereocenters. The number of carbonyl (C=O) groups is 1. The minimum atomic E-state index is -0.0343. The summed E-state index contributed by atoms with van der Waals surface area (Å²) in [7, 11) is 1.57. The fraction of sp³-hybridized carbons (Fsp3) is 0.226. The number of nitrogens with one attached hydrogen (secondary N) is 1. The molecule has 1 saturated heterocycles. The zero-order valence-corrected chi connectivity index (χ0v) is 21.9. The van der Waals surface area contributed by atoms with Crippen LogP contribution in [-0.4, -0.2) is 55.6 Å². The molecule has 2 N–H and O–H groups in total. The van der Waals surface area contributed by atoms with Gasteiger partial charge in [0.05, 0.1) is 23.7 Å². The van der Waals surface area contributed by atoms with Crippen molar-refractivity contribution in [3.05, 3.63) is 94.5 Å². The van der Waals surface area contributed by atoms with Gasteiger partial charge in [0.25, 0.3) is 11.5 Å². The van der Waals surface area contributed by atoms with E-state index in [9.17, 15) is 14.7 Å². The number of benzene rings is 2. The monoisotopic (exact) mass is 533 g/mol. The van der Waals surface area contributed by atoms with Crippen LogP contribution in [0.5, 0.6) is 11.6 Å². The Bertz CT molecular complexity index is 1840. The number of phenols is 1. The minimum absolute atomic E-state index is 0.0311. The number of carbonyl (C=O) groups excluding carboxylic acids is 1. The van der Waals surface area contributed by atoms with Crippen LogP contribution < -0.4 is 10.3 Å². The number of fused-ring (bicyclic) bond motifs is 5. The Labute approximate surface area is 229 Å². The molecule has 1 amide bonds. The molecular weight excluding hydrogens is 506 g/mol. The van der Waals surface area contributed by atoms with Gasteiger partial charge in [0.2, 0.25) is 5.88 Å². The summed E-state index contributed by atoms with van der Waals surface area (Å²) in [6, 6.07) is 19.9. The Morgan fingerprint density at radius 1 is 1.02 bits per heavy atom. The van der Waals surface area contributed by atoms with Crippen LogP contribution in [0.3, 0.4) is 0 Å². The summed E-state index contributed by atoms with van der Waals surface area (Å²) in [6.07, 6.45) is 2.65. The number of methoxy groups -OCH3 is 1. The maximum absolute atomic E-state index is 13.6. The van der Waals surface area contributed by atoms with E-state index in [4.69, 9.17) is 9.72 Å². The van der Waals surface area contributed by atoms with Crippen molar-refractivity contribution in [1.29, 1.82) is 0 Å². The van der Waals surface area contributed by atoms with E-state index in [1.165, 1.54) is 0 Å². The normalized spacial score (nSPS) is 18.0. The molecule has 1 fully saturated rings. The number of nitrogens with zero attached hydrogens (tertiary/aromatic N) is 4. The van der Waals surface area contributed by atoms with Gasteiger partial charge in [0.1, 0.15) is 11.6 Å². The van der Waals surface area contributed by atoms with Crippen LogP contribution in [0, 0.1) is 5.92 Å². The number of likely N-dealkylation sites (tertiary alicyclic amines) is 1. The van der Waals surface area contributed by atoms with E-state index in [0.29, 0.717) is 53.5 Å². The number of amides is 1. The summed E-state index contributed by atoms with van der Waals surface area (Å²) < 4.78 is 7.28. The molecule has 2 aliphatic rings. The first-order valence-corrected chi connectivity index (χ1v) is 13.3. The highest BCUT2D eigenvalue weighted by Crippen LogP contribution is 2.37. The van der Waals surface area contributed by atoms with Crippen LogP contribution >= 0.6 is 0 Å². The number of aromatic hydroxyl groups is 1. The molecular formula is C31H27N5O4. The van der Waals surface area contributed by atoms with E-state index < -0.39 is 0 Å². The molecule has 0 spiro atoms. The molecule has 3 aromatic heterocycles. The standard InChI is InChI=1S/C31H27N5O4/c1-40-30-22(4-3-11-32-30)19-8-10-27(37)23(13-19)29-33-24-9-7-20(14-25(24)34-29)31(39)35-15-18-12-21(17-35)26-5-2-6-28(38)36(26)16-18/h2-11,13-14,18,21,37H,12,15-17H2,1H3,(H,33,34)/t18-,21+/m1/s1. The number of imidazole rings is 1. The van der Waals surface area contributed by atoms with Crippen LogP contribution in [0.25, 0.3) is 33.5 Å². The first-order valence-electron chi connectivity index (χ1n) is 13.3. The third-order valence-electron chi connectivity index (χ3n) is 8.02. The second-order valence-corrected chi connectivity index (χ2v) is 10.5. The first-order chi connectivity index (χ1) is 19.5. The van der Waals surface area contributed by atoms with Crippen molar-refractivity contribution in [1.82, 2.24) is 24.4 Å². The topological polar surface area (TPSA) is 113 Å². The van der Waals surface area contributed by atoms with Crippen molar-refractivity contribution in [2.24, 2.45) is 5.92 Å². The number of pyridine rings is 2. The largest absolute Gasteiger partial charge is 0.507 e.